The highest BCUT2D eigenvalue weighted by molar-refractivity contribution is 5.38. The Kier molecular flexibility index (Phi) is 3.95. The molecule has 4 nitrogen and oxygen atoms in total. The van der Waals surface area contributed by atoms with Crippen molar-refractivity contribution in [2.75, 3.05) is 0 Å². The topological polar surface area (TPSA) is 50.9 Å². The number of rotatable bonds is 3. The van der Waals surface area contributed by atoms with Gasteiger partial charge >= 0.3 is 0 Å². The van der Waals surface area contributed by atoms with Crippen molar-refractivity contribution in [2.24, 2.45) is 0 Å². The molecule has 1 N–H and O–H groups in total. The molecule has 2 aromatic rings. The molecule has 0 radical (unpaired) electrons. The Morgan fingerprint density at radius 1 is 1.15 bits per heavy atom. The zero-order valence-electron chi connectivity index (χ0n) is 12.9. The Hall–Kier alpha value is -1.68. The number of hydrogen-bond donors (Lipinski definition) is 1. The Bertz CT molecular complexity index is 577. The van der Waals surface area contributed by atoms with E-state index in [1.54, 1.807) is 0 Å². The summed E-state index contributed by atoms with van der Waals surface area (Å²) in [4.78, 5) is 0. The van der Waals surface area contributed by atoms with Gasteiger partial charge in [-0.05, 0) is 23.6 Å². The standard InChI is InChI=1S/C16H23N3O/c1-11(2)12-6-8-13(9-7-12)19-15(16(3,4)5)14(10-20)17-18-19/h6-9,11,20H,10H2,1-5H3. The molecule has 0 aliphatic carbocycles. The second kappa shape index (κ2) is 5.37. The maximum absolute atomic E-state index is 9.44. The first kappa shape index (κ1) is 14.7. The Morgan fingerprint density at radius 2 is 1.75 bits per heavy atom. The van der Waals surface area contributed by atoms with Crippen molar-refractivity contribution in [1.82, 2.24) is 15.0 Å². The highest BCUT2D eigenvalue weighted by atomic mass is 16.3. The molecule has 4 heteroatoms. The molecule has 0 fully saturated rings. The summed E-state index contributed by atoms with van der Waals surface area (Å²) >= 11 is 0. The van der Waals surface area contributed by atoms with Crippen LogP contribution in [0, 0.1) is 0 Å². The van der Waals surface area contributed by atoms with Gasteiger partial charge in [-0.1, -0.05) is 52.0 Å². The second-order valence-electron chi connectivity index (χ2n) is 6.45. The van der Waals surface area contributed by atoms with Crippen molar-refractivity contribution in [3.8, 4) is 5.69 Å². The van der Waals surface area contributed by atoms with Gasteiger partial charge in [0.05, 0.1) is 18.0 Å². The monoisotopic (exact) mass is 273 g/mol. The number of aromatic nitrogens is 3. The molecule has 0 aliphatic rings. The van der Waals surface area contributed by atoms with E-state index in [0.717, 1.165) is 11.4 Å². The van der Waals surface area contributed by atoms with Crippen LogP contribution < -0.4 is 0 Å². The third-order valence-electron chi connectivity index (χ3n) is 3.40. The van der Waals surface area contributed by atoms with Crippen LogP contribution in [0.4, 0.5) is 0 Å². The van der Waals surface area contributed by atoms with Crippen LogP contribution in [-0.2, 0) is 12.0 Å². The molecule has 2 rings (SSSR count). The summed E-state index contributed by atoms with van der Waals surface area (Å²) in [5.74, 6) is 0.509. The van der Waals surface area contributed by atoms with E-state index in [9.17, 15) is 5.11 Å². The summed E-state index contributed by atoms with van der Waals surface area (Å²) in [6.45, 7) is 10.6. The van der Waals surface area contributed by atoms with Gasteiger partial charge < -0.3 is 5.11 Å². The van der Waals surface area contributed by atoms with E-state index >= 15 is 0 Å². The van der Waals surface area contributed by atoms with Crippen LogP contribution in [0.1, 0.15) is 57.5 Å². The number of hydrogen-bond acceptors (Lipinski definition) is 3. The van der Waals surface area contributed by atoms with Gasteiger partial charge in [0.25, 0.3) is 0 Å². The SMILES string of the molecule is CC(C)c1ccc(-n2nnc(CO)c2C(C)(C)C)cc1. The van der Waals surface area contributed by atoms with Crippen molar-refractivity contribution in [3.05, 3.63) is 41.2 Å². The van der Waals surface area contributed by atoms with Gasteiger partial charge in [-0.25, -0.2) is 4.68 Å². The molecule has 1 aromatic carbocycles. The molecular formula is C16H23N3O. The number of benzene rings is 1. The van der Waals surface area contributed by atoms with Crippen molar-refractivity contribution in [2.45, 2.75) is 52.6 Å². The lowest BCUT2D eigenvalue weighted by atomic mass is 9.90. The van der Waals surface area contributed by atoms with Gasteiger partial charge in [0.1, 0.15) is 5.69 Å². The fourth-order valence-electron chi connectivity index (χ4n) is 2.35. The molecule has 1 heterocycles. The quantitative estimate of drug-likeness (QED) is 0.934. The molecule has 0 aliphatic heterocycles. The average molecular weight is 273 g/mol. The third kappa shape index (κ3) is 2.75. The summed E-state index contributed by atoms with van der Waals surface area (Å²) < 4.78 is 1.83. The first-order chi connectivity index (χ1) is 9.34. The van der Waals surface area contributed by atoms with E-state index in [2.05, 4.69) is 69.2 Å². The highest BCUT2D eigenvalue weighted by Crippen LogP contribution is 2.27. The molecule has 0 saturated heterocycles. The average Bonchev–Trinajstić information content (AvgIpc) is 2.82. The molecule has 0 spiro atoms. The largest absolute Gasteiger partial charge is 0.390 e. The minimum atomic E-state index is -0.127. The molecule has 108 valence electrons. The van der Waals surface area contributed by atoms with E-state index in [1.807, 2.05) is 4.68 Å². The van der Waals surface area contributed by atoms with E-state index in [1.165, 1.54) is 5.56 Å². The molecule has 0 atom stereocenters. The maximum Gasteiger partial charge on any atom is 0.112 e. The van der Waals surface area contributed by atoms with Crippen LogP contribution in [0.3, 0.4) is 0 Å². The molecule has 0 amide bonds. The molecular weight excluding hydrogens is 250 g/mol. The molecule has 0 saturated carbocycles. The highest BCUT2D eigenvalue weighted by Gasteiger charge is 2.25. The summed E-state index contributed by atoms with van der Waals surface area (Å²) in [5, 5.41) is 17.7. The van der Waals surface area contributed by atoms with Crippen molar-refractivity contribution in [1.29, 1.82) is 0 Å². The summed E-state index contributed by atoms with van der Waals surface area (Å²) in [7, 11) is 0. The van der Waals surface area contributed by atoms with Crippen molar-refractivity contribution < 1.29 is 5.11 Å². The predicted molar refractivity (Wildman–Crippen MR) is 80.1 cm³/mol. The molecule has 1 aromatic heterocycles. The van der Waals surface area contributed by atoms with E-state index in [-0.39, 0.29) is 12.0 Å². The Morgan fingerprint density at radius 3 is 2.20 bits per heavy atom. The van der Waals surface area contributed by atoms with Crippen LogP contribution >= 0.6 is 0 Å². The van der Waals surface area contributed by atoms with Crippen molar-refractivity contribution >= 4 is 0 Å². The van der Waals surface area contributed by atoms with E-state index < -0.39 is 0 Å². The maximum atomic E-state index is 9.44. The van der Waals surface area contributed by atoms with Crippen LogP contribution in [-0.4, -0.2) is 20.1 Å². The van der Waals surface area contributed by atoms with Crippen LogP contribution in [0.5, 0.6) is 0 Å². The van der Waals surface area contributed by atoms with E-state index in [4.69, 9.17) is 0 Å². The smallest absolute Gasteiger partial charge is 0.112 e. The molecule has 20 heavy (non-hydrogen) atoms. The van der Waals surface area contributed by atoms with Gasteiger partial charge in [-0.15, -0.1) is 5.10 Å². The molecule has 0 bridgehead atoms. The second-order valence-corrected chi connectivity index (χ2v) is 6.45. The van der Waals surface area contributed by atoms with Gasteiger partial charge in [0.15, 0.2) is 0 Å². The third-order valence-corrected chi connectivity index (χ3v) is 3.40. The molecule has 0 unspecified atom stereocenters. The predicted octanol–water partition coefficient (Wildman–Crippen LogP) is 3.18. The lowest BCUT2D eigenvalue weighted by Gasteiger charge is -2.21. The van der Waals surface area contributed by atoms with Gasteiger partial charge in [-0.3, -0.25) is 0 Å². The number of aliphatic hydroxyl groups is 1. The first-order valence-electron chi connectivity index (χ1n) is 7.01. The fraction of sp³-hybridized carbons (Fsp3) is 0.500. The summed E-state index contributed by atoms with van der Waals surface area (Å²) in [6.07, 6.45) is 0. The van der Waals surface area contributed by atoms with Gasteiger partial charge in [0, 0.05) is 5.41 Å². The zero-order chi connectivity index (χ0) is 14.9. The summed E-state index contributed by atoms with van der Waals surface area (Å²) in [5.41, 5.74) is 3.75. The summed E-state index contributed by atoms with van der Waals surface area (Å²) in [6, 6.07) is 8.35. The minimum Gasteiger partial charge on any atom is -0.390 e. The van der Waals surface area contributed by atoms with Gasteiger partial charge in [-0.2, -0.15) is 0 Å². The van der Waals surface area contributed by atoms with Crippen LogP contribution in [0.15, 0.2) is 24.3 Å². The first-order valence-corrected chi connectivity index (χ1v) is 7.01. The van der Waals surface area contributed by atoms with Crippen molar-refractivity contribution in [3.63, 3.8) is 0 Å². The van der Waals surface area contributed by atoms with Gasteiger partial charge in [0.2, 0.25) is 0 Å². The number of nitrogens with zero attached hydrogens (tertiary/aromatic N) is 3. The zero-order valence-corrected chi connectivity index (χ0v) is 12.9. The number of aliphatic hydroxyl groups excluding tert-OH is 1. The fourth-order valence-corrected chi connectivity index (χ4v) is 2.35. The van der Waals surface area contributed by atoms with Crippen LogP contribution in [0.25, 0.3) is 5.69 Å². The lowest BCUT2D eigenvalue weighted by molar-refractivity contribution is 0.273. The Balaban J connectivity index is 2.50. The van der Waals surface area contributed by atoms with E-state index in [0.29, 0.717) is 11.6 Å². The lowest BCUT2D eigenvalue weighted by Crippen LogP contribution is -2.19. The normalized spacial score (nSPS) is 12.2. The van der Waals surface area contributed by atoms with Crippen LogP contribution in [0.2, 0.25) is 0 Å². The Labute approximate surface area is 120 Å². The minimum absolute atomic E-state index is 0.0866.